The molecule has 1 saturated heterocycles. The molecule has 0 bridgehead atoms. The van der Waals surface area contributed by atoms with E-state index in [9.17, 15) is 14.0 Å². The summed E-state index contributed by atoms with van der Waals surface area (Å²) in [6.45, 7) is 7.66. The topological polar surface area (TPSA) is 59.5 Å². The van der Waals surface area contributed by atoms with Crippen LogP contribution in [-0.4, -0.2) is 58.4 Å². The van der Waals surface area contributed by atoms with Crippen LogP contribution >= 0.6 is 0 Å². The molecule has 0 radical (unpaired) electrons. The first-order valence-corrected chi connectivity index (χ1v) is 8.62. The summed E-state index contributed by atoms with van der Waals surface area (Å²) in [6, 6.07) is 5.06. The first kappa shape index (κ1) is 17.3. The summed E-state index contributed by atoms with van der Waals surface area (Å²) in [5, 5.41) is 0. The van der Waals surface area contributed by atoms with Crippen molar-refractivity contribution in [2.45, 2.75) is 26.1 Å². The lowest BCUT2D eigenvalue weighted by Gasteiger charge is -2.40. The van der Waals surface area contributed by atoms with Crippen molar-refractivity contribution in [3.8, 4) is 0 Å². The lowest BCUT2D eigenvalue weighted by Crippen LogP contribution is -2.64. The van der Waals surface area contributed by atoms with Gasteiger partial charge in [0.15, 0.2) is 12.2 Å². The number of aliphatic imine (C=N–C) groups is 1. The van der Waals surface area contributed by atoms with Crippen LogP contribution in [0.15, 0.2) is 53.3 Å². The summed E-state index contributed by atoms with van der Waals surface area (Å²) < 4.78 is 13.3. The zero-order valence-electron chi connectivity index (χ0n) is 15.4. The van der Waals surface area contributed by atoms with Crippen molar-refractivity contribution in [1.82, 2.24) is 14.7 Å². The molecule has 4 rings (SSSR count). The fourth-order valence-corrected chi connectivity index (χ4v) is 3.68. The average molecular weight is 369 g/mol. The third-order valence-corrected chi connectivity index (χ3v) is 4.90. The highest BCUT2D eigenvalue weighted by Crippen LogP contribution is 2.36. The van der Waals surface area contributed by atoms with Gasteiger partial charge in [0.2, 0.25) is 5.96 Å². The number of guanidine groups is 1. The van der Waals surface area contributed by atoms with E-state index < -0.39 is 12.2 Å². The van der Waals surface area contributed by atoms with Crippen LogP contribution < -0.4 is 4.90 Å². The second-order valence-electron chi connectivity index (χ2n) is 7.05. The average Bonchev–Trinajstić information content (AvgIpc) is 3.12. The number of benzene rings is 1. The quantitative estimate of drug-likeness (QED) is 0.768. The number of carbonyl (C=O) groups is 2. The number of urea groups is 1. The van der Waals surface area contributed by atoms with Crippen molar-refractivity contribution in [3.05, 3.63) is 54.1 Å². The van der Waals surface area contributed by atoms with E-state index in [1.54, 1.807) is 31.0 Å². The molecule has 0 aliphatic carbocycles. The van der Waals surface area contributed by atoms with Gasteiger partial charge in [0.1, 0.15) is 5.82 Å². The predicted octanol–water partition coefficient (Wildman–Crippen LogP) is 2.34. The molecule has 0 spiro atoms. The molecule has 3 amide bonds. The highest BCUT2D eigenvalue weighted by atomic mass is 19.1. The number of carbonyl (C=O) groups excluding carboxylic acids is 2. The van der Waals surface area contributed by atoms with Crippen LogP contribution in [0.5, 0.6) is 0 Å². The molecule has 140 valence electrons. The molecule has 0 saturated carbocycles. The fraction of sp³-hybridized carbons (Fsp3) is 0.316. The number of likely N-dealkylation sites (N-methyl/N-ethyl adjacent to an activating group) is 1. The van der Waals surface area contributed by atoms with Crippen LogP contribution in [0.25, 0.3) is 0 Å². The zero-order chi connectivity index (χ0) is 19.5. The van der Waals surface area contributed by atoms with Crippen molar-refractivity contribution >= 4 is 23.6 Å². The van der Waals surface area contributed by atoms with Gasteiger partial charge in [-0.3, -0.25) is 14.6 Å². The van der Waals surface area contributed by atoms with E-state index in [1.165, 1.54) is 21.9 Å². The maximum atomic E-state index is 13.3. The van der Waals surface area contributed by atoms with E-state index in [0.717, 1.165) is 17.0 Å². The first-order valence-electron chi connectivity index (χ1n) is 8.62. The Morgan fingerprint density at radius 3 is 2.56 bits per heavy atom. The number of amides is 3. The lowest BCUT2D eigenvalue weighted by atomic mass is 10.1. The van der Waals surface area contributed by atoms with Crippen LogP contribution in [0.1, 0.15) is 13.8 Å². The number of rotatable bonds is 3. The molecular weight excluding hydrogens is 349 g/mol. The van der Waals surface area contributed by atoms with Crippen molar-refractivity contribution in [3.63, 3.8) is 0 Å². The second kappa shape index (κ2) is 5.94. The number of halogens is 1. The highest BCUT2D eigenvalue weighted by molar-refractivity contribution is 6.09. The third kappa shape index (κ3) is 2.51. The van der Waals surface area contributed by atoms with Gasteiger partial charge in [-0.05, 0) is 38.1 Å². The number of nitrogens with zero attached hydrogens (tertiary/aromatic N) is 5. The molecular formula is C19H20FN5O2. The molecule has 2 unspecified atom stereocenters. The van der Waals surface area contributed by atoms with E-state index in [2.05, 4.69) is 11.6 Å². The minimum atomic E-state index is -0.623. The van der Waals surface area contributed by atoms with E-state index in [4.69, 9.17) is 0 Å². The monoisotopic (exact) mass is 369 g/mol. The Labute approximate surface area is 156 Å². The Morgan fingerprint density at radius 1 is 1.26 bits per heavy atom. The Morgan fingerprint density at radius 2 is 1.93 bits per heavy atom. The minimum Gasteiger partial charge on any atom is -0.302 e. The zero-order valence-corrected chi connectivity index (χ0v) is 15.4. The van der Waals surface area contributed by atoms with E-state index >= 15 is 0 Å². The lowest BCUT2D eigenvalue weighted by molar-refractivity contribution is -0.136. The normalized spacial score (nSPS) is 24.1. The summed E-state index contributed by atoms with van der Waals surface area (Å²) in [5.41, 5.74) is 2.33. The van der Waals surface area contributed by atoms with Gasteiger partial charge in [-0.2, -0.15) is 0 Å². The van der Waals surface area contributed by atoms with E-state index in [1.807, 2.05) is 18.0 Å². The largest absolute Gasteiger partial charge is 0.328 e. The summed E-state index contributed by atoms with van der Waals surface area (Å²) >= 11 is 0. The van der Waals surface area contributed by atoms with Crippen molar-refractivity contribution in [2.24, 2.45) is 4.99 Å². The van der Waals surface area contributed by atoms with Crippen LogP contribution in [0, 0.1) is 5.82 Å². The molecule has 0 aromatic heterocycles. The van der Waals surface area contributed by atoms with Crippen molar-refractivity contribution < 1.29 is 14.0 Å². The molecule has 7 nitrogen and oxygen atoms in total. The number of anilines is 1. The molecule has 1 fully saturated rings. The molecule has 1 aromatic rings. The maximum absolute atomic E-state index is 13.3. The van der Waals surface area contributed by atoms with Gasteiger partial charge in [-0.1, -0.05) is 12.2 Å². The molecule has 0 N–H and O–H groups in total. The summed E-state index contributed by atoms with van der Waals surface area (Å²) in [6.07, 6.45) is 1.24. The number of imide groups is 1. The van der Waals surface area contributed by atoms with Crippen molar-refractivity contribution in [1.29, 1.82) is 0 Å². The van der Waals surface area contributed by atoms with Gasteiger partial charge in [-0.25, -0.2) is 14.2 Å². The molecule has 8 heteroatoms. The second-order valence-corrected chi connectivity index (χ2v) is 7.05. The van der Waals surface area contributed by atoms with Crippen LogP contribution in [0.3, 0.4) is 0 Å². The molecule has 3 heterocycles. The SMILES string of the molecule is C=C(C)CN1C(=O)C2C(N=C3N(c4ccc(F)cc4)C(C)=CN32)N(C)C1=O. The van der Waals surface area contributed by atoms with Gasteiger partial charge in [0, 0.05) is 24.6 Å². The maximum Gasteiger partial charge on any atom is 0.328 e. The number of hydrogen-bond donors (Lipinski definition) is 0. The van der Waals surface area contributed by atoms with Crippen LogP contribution in [0.2, 0.25) is 0 Å². The molecule has 27 heavy (non-hydrogen) atoms. The van der Waals surface area contributed by atoms with Crippen LogP contribution in [0.4, 0.5) is 14.9 Å². The number of fused-ring (bicyclic) bond motifs is 3. The predicted molar refractivity (Wildman–Crippen MR) is 99.2 cm³/mol. The number of hydrogen-bond acceptors (Lipinski definition) is 5. The summed E-state index contributed by atoms with van der Waals surface area (Å²) in [7, 11) is 1.64. The Hall–Kier alpha value is -3.16. The van der Waals surface area contributed by atoms with Crippen molar-refractivity contribution in [2.75, 3.05) is 18.5 Å². The van der Waals surface area contributed by atoms with Gasteiger partial charge in [-0.15, -0.1) is 0 Å². The van der Waals surface area contributed by atoms with E-state index in [-0.39, 0.29) is 24.3 Å². The van der Waals surface area contributed by atoms with Gasteiger partial charge < -0.3 is 9.80 Å². The molecule has 3 aliphatic heterocycles. The fourth-order valence-electron chi connectivity index (χ4n) is 3.68. The first-order chi connectivity index (χ1) is 12.8. The Bertz CT molecular complexity index is 907. The summed E-state index contributed by atoms with van der Waals surface area (Å²) in [4.78, 5) is 36.7. The molecule has 2 atom stereocenters. The van der Waals surface area contributed by atoms with Gasteiger partial charge in [0.25, 0.3) is 5.91 Å². The highest BCUT2D eigenvalue weighted by Gasteiger charge is 2.54. The molecule has 1 aromatic carbocycles. The van der Waals surface area contributed by atoms with Crippen LogP contribution in [-0.2, 0) is 4.79 Å². The van der Waals surface area contributed by atoms with Gasteiger partial charge >= 0.3 is 6.03 Å². The Kier molecular flexibility index (Phi) is 3.80. The molecule has 3 aliphatic rings. The third-order valence-electron chi connectivity index (χ3n) is 4.90. The van der Waals surface area contributed by atoms with Gasteiger partial charge in [0.05, 0.1) is 6.54 Å². The number of allylic oxidation sites excluding steroid dienone is 1. The standard InChI is InChI=1S/C19H20FN5O2/c1-11(2)9-24-17(26)15-16(22(4)19(24)27)21-18-23(15)10-12(3)25(18)14-7-5-13(20)6-8-14/h5-8,10,15-16H,1,9H2,2-4H3. The smallest absolute Gasteiger partial charge is 0.302 e. The minimum absolute atomic E-state index is 0.179. The van der Waals surface area contributed by atoms with E-state index in [0.29, 0.717) is 5.96 Å². The summed E-state index contributed by atoms with van der Waals surface area (Å²) in [5.74, 6) is -0.0662. The Balaban J connectivity index is 1.71.